The summed E-state index contributed by atoms with van der Waals surface area (Å²) in [5.41, 5.74) is 4.39. The molecular weight excluding hydrogens is 377 g/mol. The molecule has 2 amide bonds. The number of hydrogen-bond donors (Lipinski definition) is 2. The van der Waals surface area contributed by atoms with Crippen LogP contribution in [-0.4, -0.2) is 24.1 Å². The molecule has 2 aromatic rings. The van der Waals surface area contributed by atoms with Crippen LogP contribution in [0.5, 0.6) is 5.75 Å². The first-order valence-electron chi connectivity index (χ1n) is 7.64. The molecule has 0 saturated heterocycles. The fourth-order valence-corrected chi connectivity index (χ4v) is 2.33. The largest absolute Gasteiger partial charge is 0.482 e. The standard InChI is InChI=1S/C18H17Cl2N3O3/c1-11(13-4-3-5-15(8-13)21-12(2)24)22-23-18(25)10-26-17-9-14(19)6-7-16(17)20/h3-9H,10H2,1-2H3,(H,21,24)(H,23,25)/b22-11-. The van der Waals surface area contributed by atoms with Crippen LogP contribution in [0.15, 0.2) is 47.6 Å². The number of amides is 2. The Kier molecular flexibility index (Phi) is 7.00. The highest BCUT2D eigenvalue weighted by Gasteiger charge is 2.07. The van der Waals surface area contributed by atoms with Gasteiger partial charge in [0.25, 0.3) is 5.91 Å². The molecule has 0 heterocycles. The zero-order valence-electron chi connectivity index (χ0n) is 14.2. The normalized spacial score (nSPS) is 11.0. The number of hydrogen-bond acceptors (Lipinski definition) is 4. The SMILES string of the molecule is CC(=O)Nc1cccc(/C(C)=N\NC(=O)COc2cc(Cl)ccc2Cl)c1. The van der Waals surface area contributed by atoms with Crippen LogP contribution in [0.4, 0.5) is 5.69 Å². The summed E-state index contributed by atoms with van der Waals surface area (Å²) in [6.07, 6.45) is 0. The Hall–Kier alpha value is -2.57. The number of carbonyl (C=O) groups is 2. The average molecular weight is 394 g/mol. The van der Waals surface area contributed by atoms with Crippen LogP contribution in [0.1, 0.15) is 19.4 Å². The second-order valence-electron chi connectivity index (χ2n) is 5.36. The number of nitrogens with one attached hydrogen (secondary N) is 2. The van der Waals surface area contributed by atoms with Crippen molar-refractivity contribution in [2.24, 2.45) is 5.10 Å². The Morgan fingerprint density at radius 3 is 2.62 bits per heavy atom. The van der Waals surface area contributed by atoms with Crippen molar-refractivity contribution in [3.63, 3.8) is 0 Å². The van der Waals surface area contributed by atoms with Gasteiger partial charge in [0.05, 0.1) is 10.7 Å². The number of anilines is 1. The van der Waals surface area contributed by atoms with Gasteiger partial charge in [-0.1, -0.05) is 35.3 Å². The van der Waals surface area contributed by atoms with E-state index in [1.54, 1.807) is 37.3 Å². The molecule has 2 aromatic carbocycles. The van der Waals surface area contributed by atoms with Gasteiger partial charge >= 0.3 is 0 Å². The van der Waals surface area contributed by atoms with Crippen LogP contribution in [0.25, 0.3) is 0 Å². The van der Waals surface area contributed by atoms with Gasteiger partial charge in [0.1, 0.15) is 5.75 Å². The molecule has 6 nitrogen and oxygen atoms in total. The van der Waals surface area contributed by atoms with E-state index < -0.39 is 5.91 Å². The molecule has 0 bridgehead atoms. The van der Waals surface area contributed by atoms with Gasteiger partial charge in [-0.05, 0) is 36.8 Å². The van der Waals surface area contributed by atoms with Crippen molar-refractivity contribution in [3.8, 4) is 5.75 Å². The number of rotatable bonds is 6. The summed E-state index contributed by atoms with van der Waals surface area (Å²) in [5.74, 6) is -0.293. The van der Waals surface area contributed by atoms with Gasteiger partial charge in [-0.25, -0.2) is 5.43 Å². The van der Waals surface area contributed by atoms with E-state index in [9.17, 15) is 9.59 Å². The number of ether oxygens (including phenoxy) is 1. The van der Waals surface area contributed by atoms with Gasteiger partial charge in [-0.2, -0.15) is 5.10 Å². The Morgan fingerprint density at radius 1 is 1.12 bits per heavy atom. The highest BCUT2D eigenvalue weighted by atomic mass is 35.5. The molecule has 0 saturated carbocycles. The van der Waals surface area contributed by atoms with E-state index in [1.807, 2.05) is 6.07 Å². The smallest absolute Gasteiger partial charge is 0.277 e. The number of halogens is 2. The highest BCUT2D eigenvalue weighted by Crippen LogP contribution is 2.27. The van der Waals surface area contributed by atoms with Crippen molar-refractivity contribution in [2.75, 3.05) is 11.9 Å². The molecule has 8 heteroatoms. The Labute approximate surface area is 161 Å². The highest BCUT2D eigenvalue weighted by molar-refractivity contribution is 6.34. The molecule has 0 fully saturated rings. The maximum Gasteiger partial charge on any atom is 0.277 e. The lowest BCUT2D eigenvalue weighted by Crippen LogP contribution is -2.25. The molecule has 2 rings (SSSR count). The Bertz CT molecular complexity index is 853. The van der Waals surface area contributed by atoms with Gasteiger partial charge < -0.3 is 10.1 Å². The molecule has 0 aromatic heterocycles. The van der Waals surface area contributed by atoms with Crippen molar-refractivity contribution in [1.82, 2.24) is 5.43 Å². The number of hydrazone groups is 1. The van der Waals surface area contributed by atoms with E-state index in [2.05, 4.69) is 15.8 Å². The maximum atomic E-state index is 11.9. The lowest BCUT2D eigenvalue weighted by molar-refractivity contribution is -0.123. The summed E-state index contributed by atoms with van der Waals surface area (Å²) in [7, 11) is 0. The van der Waals surface area contributed by atoms with Crippen LogP contribution in [0, 0.1) is 0 Å². The van der Waals surface area contributed by atoms with E-state index in [0.29, 0.717) is 27.2 Å². The topological polar surface area (TPSA) is 79.8 Å². The molecule has 26 heavy (non-hydrogen) atoms. The summed E-state index contributed by atoms with van der Waals surface area (Å²) in [4.78, 5) is 23.0. The third kappa shape index (κ3) is 6.06. The molecule has 0 atom stereocenters. The van der Waals surface area contributed by atoms with Crippen LogP contribution >= 0.6 is 23.2 Å². The van der Waals surface area contributed by atoms with Crippen LogP contribution in [0.2, 0.25) is 10.0 Å². The zero-order valence-corrected chi connectivity index (χ0v) is 15.7. The predicted molar refractivity (Wildman–Crippen MR) is 103 cm³/mol. The summed E-state index contributed by atoms with van der Waals surface area (Å²) in [5, 5.41) is 7.54. The van der Waals surface area contributed by atoms with Gasteiger partial charge in [0.15, 0.2) is 6.61 Å². The summed E-state index contributed by atoms with van der Waals surface area (Å²) in [6.45, 7) is 2.91. The monoisotopic (exact) mass is 393 g/mol. The number of carbonyl (C=O) groups excluding carboxylic acids is 2. The second-order valence-corrected chi connectivity index (χ2v) is 6.20. The summed E-state index contributed by atoms with van der Waals surface area (Å²) < 4.78 is 5.34. The van der Waals surface area contributed by atoms with E-state index in [-0.39, 0.29) is 12.5 Å². The summed E-state index contributed by atoms with van der Waals surface area (Å²) >= 11 is 11.8. The predicted octanol–water partition coefficient (Wildman–Crippen LogP) is 3.87. The Balaban J connectivity index is 1.94. The molecule has 0 radical (unpaired) electrons. The third-order valence-electron chi connectivity index (χ3n) is 3.20. The van der Waals surface area contributed by atoms with Crippen molar-refractivity contribution in [3.05, 3.63) is 58.1 Å². The molecule has 0 aliphatic heterocycles. The lowest BCUT2D eigenvalue weighted by atomic mass is 10.1. The number of nitrogens with zero attached hydrogens (tertiary/aromatic N) is 1. The first-order valence-corrected chi connectivity index (χ1v) is 8.40. The van der Waals surface area contributed by atoms with E-state index in [4.69, 9.17) is 27.9 Å². The molecular formula is C18H17Cl2N3O3. The van der Waals surface area contributed by atoms with E-state index in [1.165, 1.54) is 13.0 Å². The molecule has 0 aliphatic rings. The molecule has 0 spiro atoms. The Morgan fingerprint density at radius 2 is 1.88 bits per heavy atom. The third-order valence-corrected chi connectivity index (χ3v) is 3.75. The van der Waals surface area contributed by atoms with Crippen molar-refractivity contribution in [2.45, 2.75) is 13.8 Å². The summed E-state index contributed by atoms with van der Waals surface area (Å²) in [6, 6.07) is 11.9. The van der Waals surface area contributed by atoms with Gasteiger partial charge in [-0.3, -0.25) is 9.59 Å². The van der Waals surface area contributed by atoms with E-state index in [0.717, 1.165) is 5.56 Å². The minimum Gasteiger partial charge on any atom is -0.482 e. The maximum absolute atomic E-state index is 11.9. The second kappa shape index (κ2) is 9.22. The van der Waals surface area contributed by atoms with Gasteiger partial charge in [0.2, 0.25) is 5.91 Å². The van der Waals surface area contributed by atoms with E-state index >= 15 is 0 Å². The minimum atomic E-state index is -0.446. The minimum absolute atomic E-state index is 0.165. The first-order chi connectivity index (χ1) is 12.3. The molecule has 0 aliphatic carbocycles. The molecule has 136 valence electrons. The van der Waals surface area contributed by atoms with Crippen molar-refractivity contribution < 1.29 is 14.3 Å². The zero-order chi connectivity index (χ0) is 19.1. The lowest BCUT2D eigenvalue weighted by Gasteiger charge is -2.08. The van der Waals surface area contributed by atoms with Crippen molar-refractivity contribution >= 4 is 46.4 Å². The molecule has 0 unspecified atom stereocenters. The molecule has 2 N–H and O–H groups in total. The quantitative estimate of drug-likeness (QED) is 0.577. The van der Waals surface area contributed by atoms with Gasteiger partial charge in [-0.15, -0.1) is 0 Å². The first kappa shape index (κ1) is 19.8. The van der Waals surface area contributed by atoms with Crippen LogP contribution in [-0.2, 0) is 9.59 Å². The van der Waals surface area contributed by atoms with Crippen LogP contribution < -0.4 is 15.5 Å². The number of benzene rings is 2. The van der Waals surface area contributed by atoms with Gasteiger partial charge in [0, 0.05) is 23.7 Å². The van der Waals surface area contributed by atoms with Crippen LogP contribution in [0.3, 0.4) is 0 Å². The van der Waals surface area contributed by atoms with Crippen molar-refractivity contribution in [1.29, 1.82) is 0 Å². The fraction of sp³-hybridized carbons (Fsp3) is 0.167. The fourth-order valence-electron chi connectivity index (χ4n) is 2.00. The average Bonchev–Trinajstić information content (AvgIpc) is 2.60.